The van der Waals surface area contributed by atoms with Crippen LogP contribution in [0.5, 0.6) is 0 Å². The van der Waals surface area contributed by atoms with Crippen molar-refractivity contribution < 1.29 is 9.69 Å². The Morgan fingerprint density at radius 2 is 2.04 bits per heavy atom. The number of rotatable bonds is 5. The Kier molecular flexibility index (Phi) is 5.38. The van der Waals surface area contributed by atoms with Gasteiger partial charge in [-0.15, -0.1) is 0 Å². The summed E-state index contributed by atoms with van der Waals surface area (Å²) >= 11 is 0. The van der Waals surface area contributed by atoms with Crippen molar-refractivity contribution in [1.82, 2.24) is 10.4 Å². The predicted molar refractivity (Wildman–Crippen MR) is 94.3 cm³/mol. The van der Waals surface area contributed by atoms with Gasteiger partial charge in [-0.2, -0.15) is 5.10 Å². The van der Waals surface area contributed by atoms with Crippen LogP contribution in [0.1, 0.15) is 31.2 Å². The van der Waals surface area contributed by atoms with Gasteiger partial charge in [0.25, 0.3) is 5.56 Å². The van der Waals surface area contributed by atoms with E-state index >= 15 is 0 Å². The second-order valence-corrected chi connectivity index (χ2v) is 6.24. The molecule has 2 aromatic rings. The number of amides is 1. The highest BCUT2D eigenvalue weighted by Gasteiger charge is 2.14. The molecule has 1 aromatic heterocycles. The van der Waals surface area contributed by atoms with Crippen LogP contribution in [0.4, 0.5) is 0 Å². The number of piperidine rings is 1. The van der Waals surface area contributed by atoms with E-state index in [1.54, 1.807) is 6.07 Å². The van der Waals surface area contributed by atoms with Crippen LogP contribution in [-0.4, -0.2) is 36.7 Å². The lowest BCUT2D eigenvalue weighted by atomic mass is 10.1. The lowest BCUT2D eigenvalue weighted by Gasteiger charge is -2.22. The Morgan fingerprint density at radius 3 is 2.88 bits per heavy atom. The number of hydrogen-bond donors (Lipinski definition) is 3. The highest BCUT2D eigenvalue weighted by atomic mass is 16.2. The van der Waals surface area contributed by atoms with Crippen molar-refractivity contribution in [2.75, 3.05) is 19.6 Å². The molecule has 2 heterocycles. The zero-order chi connectivity index (χ0) is 16.8. The summed E-state index contributed by atoms with van der Waals surface area (Å²) in [5, 5.41) is 4.85. The molecule has 126 valence electrons. The molecule has 0 radical (unpaired) electrons. The highest BCUT2D eigenvalue weighted by molar-refractivity contribution is 5.88. The average molecular weight is 327 g/mol. The van der Waals surface area contributed by atoms with Crippen molar-refractivity contribution in [3.8, 4) is 0 Å². The number of fused-ring (bicyclic) bond motifs is 1. The number of aromatic amines is 1. The molecule has 1 aliphatic rings. The summed E-state index contributed by atoms with van der Waals surface area (Å²) in [6, 6.07) is 9.31. The van der Waals surface area contributed by atoms with E-state index in [0.29, 0.717) is 12.0 Å². The second kappa shape index (κ2) is 7.88. The minimum Gasteiger partial charge on any atom is -0.335 e. The van der Waals surface area contributed by atoms with Crippen LogP contribution in [0.3, 0.4) is 0 Å². The van der Waals surface area contributed by atoms with Gasteiger partial charge in [-0.05, 0) is 36.8 Å². The third-order valence-corrected chi connectivity index (χ3v) is 4.44. The van der Waals surface area contributed by atoms with Crippen molar-refractivity contribution in [1.29, 1.82) is 0 Å². The molecule has 0 saturated carbocycles. The molecule has 0 aliphatic carbocycles. The molecule has 0 unspecified atom stereocenters. The first-order chi connectivity index (χ1) is 11.7. The summed E-state index contributed by atoms with van der Waals surface area (Å²) in [4.78, 5) is 28.1. The van der Waals surface area contributed by atoms with Crippen molar-refractivity contribution in [3.63, 3.8) is 0 Å². The standard InChI is InChI=1S/C18H22N4O2/c23-17(8-11-22-9-4-1-5-10-22)21-19-13-15-12-14-6-2-3-7-16(14)20-18(15)24/h2-3,6-7,12-13H,1,4-5,8-11H2,(H,20,24)(H,21,23)/p+1/b19-13+. The summed E-state index contributed by atoms with van der Waals surface area (Å²) in [7, 11) is 0. The minimum atomic E-state index is -0.218. The zero-order valence-electron chi connectivity index (χ0n) is 13.7. The van der Waals surface area contributed by atoms with E-state index in [1.165, 1.54) is 30.4 Å². The molecule has 1 fully saturated rings. The molecular formula is C18H23N4O2+. The maximum absolute atomic E-state index is 12.0. The lowest BCUT2D eigenvalue weighted by Crippen LogP contribution is -3.12. The summed E-state index contributed by atoms with van der Waals surface area (Å²) in [5.74, 6) is -0.110. The monoisotopic (exact) mass is 327 g/mol. The number of nitrogens with zero attached hydrogens (tertiary/aromatic N) is 1. The van der Waals surface area contributed by atoms with Gasteiger partial charge in [-0.3, -0.25) is 9.59 Å². The molecule has 6 heteroatoms. The van der Waals surface area contributed by atoms with Crippen molar-refractivity contribution in [2.45, 2.75) is 25.7 Å². The third-order valence-electron chi connectivity index (χ3n) is 4.44. The van der Waals surface area contributed by atoms with Crippen LogP contribution in [0.15, 0.2) is 40.2 Å². The summed E-state index contributed by atoms with van der Waals surface area (Å²) in [5.41, 5.74) is 3.50. The van der Waals surface area contributed by atoms with Gasteiger partial charge in [0.1, 0.15) is 0 Å². The SMILES string of the molecule is O=C(CC[NH+]1CCCCC1)N/N=C/c1cc2ccccc2[nH]c1=O. The summed E-state index contributed by atoms with van der Waals surface area (Å²) in [6.45, 7) is 3.16. The van der Waals surface area contributed by atoms with E-state index < -0.39 is 0 Å². The Hall–Kier alpha value is -2.47. The van der Waals surface area contributed by atoms with Crippen molar-refractivity contribution in [3.05, 3.63) is 46.2 Å². The Bertz CT molecular complexity index is 791. The van der Waals surface area contributed by atoms with E-state index in [9.17, 15) is 9.59 Å². The van der Waals surface area contributed by atoms with Crippen LogP contribution in [0.25, 0.3) is 10.9 Å². The fraction of sp³-hybridized carbons (Fsp3) is 0.389. The molecule has 1 aromatic carbocycles. The average Bonchev–Trinajstić information content (AvgIpc) is 2.61. The smallest absolute Gasteiger partial charge is 0.257 e. The molecule has 24 heavy (non-hydrogen) atoms. The number of carbonyl (C=O) groups is 1. The van der Waals surface area contributed by atoms with Crippen LogP contribution in [0, 0.1) is 0 Å². The van der Waals surface area contributed by atoms with Gasteiger partial charge in [0.15, 0.2) is 0 Å². The quantitative estimate of drug-likeness (QED) is 0.550. The van der Waals surface area contributed by atoms with Gasteiger partial charge in [-0.25, -0.2) is 5.43 Å². The predicted octanol–water partition coefficient (Wildman–Crippen LogP) is 0.437. The first kappa shape index (κ1) is 16.4. The molecule has 3 N–H and O–H groups in total. The van der Waals surface area contributed by atoms with Crippen molar-refractivity contribution in [2.24, 2.45) is 5.10 Å². The molecule has 1 amide bonds. The fourth-order valence-electron chi connectivity index (χ4n) is 3.08. The van der Waals surface area contributed by atoms with Crippen LogP contribution >= 0.6 is 0 Å². The van der Waals surface area contributed by atoms with Crippen LogP contribution in [0.2, 0.25) is 0 Å². The molecule has 3 rings (SSSR count). The number of nitrogens with one attached hydrogen (secondary N) is 3. The Labute approximate surface area is 140 Å². The van der Waals surface area contributed by atoms with Crippen LogP contribution in [-0.2, 0) is 4.79 Å². The summed E-state index contributed by atoms with van der Waals surface area (Å²) in [6.07, 6.45) is 5.66. The van der Waals surface area contributed by atoms with E-state index in [4.69, 9.17) is 0 Å². The number of para-hydroxylation sites is 1. The summed E-state index contributed by atoms with van der Waals surface area (Å²) < 4.78 is 0. The number of carbonyl (C=O) groups excluding carboxylic acids is 1. The van der Waals surface area contributed by atoms with Crippen LogP contribution < -0.4 is 15.9 Å². The van der Waals surface area contributed by atoms with Crippen molar-refractivity contribution >= 4 is 23.0 Å². The molecular weight excluding hydrogens is 304 g/mol. The highest BCUT2D eigenvalue weighted by Crippen LogP contribution is 2.08. The molecule has 1 saturated heterocycles. The zero-order valence-corrected chi connectivity index (χ0v) is 13.7. The van der Waals surface area contributed by atoms with Gasteiger partial charge in [0.2, 0.25) is 5.91 Å². The van der Waals surface area contributed by atoms with Gasteiger partial charge < -0.3 is 9.88 Å². The largest absolute Gasteiger partial charge is 0.335 e. The number of hydrogen-bond acceptors (Lipinski definition) is 3. The van der Waals surface area contributed by atoms with E-state index in [0.717, 1.165) is 30.5 Å². The number of aromatic nitrogens is 1. The third kappa shape index (κ3) is 4.29. The number of quaternary nitrogens is 1. The van der Waals surface area contributed by atoms with E-state index in [2.05, 4.69) is 15.5 Å². The Balaban J connectivity index is 1.54. The molecule has 0 atom stereocenters. The topological polar surface area (TPSA) is 78.8 Å². The molecule has 0 spiro atoms. The Morgan fingerprint density at radius 1 is 1.25 bits per heavy atom. The molecule has 0 bridgehead atoms. The van der Waals surface area contributed by atoms with Gasteiger partial charge in [-0.1, -0.05) is 18.2 Å². The van der Waals surface area contributed by atoms with E-state index in [1.807, 2.05) is 24.3 Å². The fourth-order valence-corrected chi connectivity index (χ4v) is 3.08. The lowest BCUT2D eigenvalue weighted by molar-refractivity contribution is -0.904. The van der Waals surface area contributed by atoms with Gasteiger partial charge in [0.05, 0.1) is 37.8 Å². The number of pyridine rings is 1. The normalized spacial score (nSPS) is 15.8. The van der Waals surface area contributed by atoms with Gasteiger partial charge >= 0.3 is 0 Å². The number of hydrazone groups is 1. The van der Waals surface area contributed by atoms with E-state index in [-0.39, 0.29) is 11.5 Å². The first-order valence-corrected chi connectivity index (χ1v) is 8.50. The maximum Gasteiger partial charge on any atom is 0.257 e. The minimum absolute atomic E-state index is 0.110. The number of likely N-dealkylation sites (tertiary alicyclic amines) is 1. The number of H-pyrrole nitrogens is 1. The molecule has 1 aliphatic heterocycles. The molecule has 6 nitrogen and oxygen atoms in total. The van der Waals surface area contributed by atoms with Gasteiger partial charge in [0, 0.05) is 5.52 Å². The maximum atomic E-state index is 12.0. The second-order valence-electron chi connectivity index (χ2n) is 6.24. The first-order valence-electron chi connectivity index (χ1n) is 8.50. The number of benzene rings is 1.